The van der Waals surface area contributed by atoms with E-state index >= 15 is 0 Å². The van der Waals surface area contributed by atoms with Gasteiger partial charge in [0.2, 0.25) is 0 Å². The van der Waals surface area contributed by atoms with Gasteiger partial charge in [0.25, 0.3) is 0 Å². The molecule has 2 N–H and O–H groups in total. The Morgan fingerprint density at radius 3 is 2.56 bits per heavy atom. The Bertz CT molecular complexity index is 557. The molecule has 1 nitrogen and oxygen atoms in total. The van der Waals surface area contributed by atoms with Crippen molar-refractivity contribution >= 4 is 11.6 Å². The fourth-order valence-electron chi connectivity index (χ4n) is 1.83. The van der Waals surface area contributed by atoms with E-state index in [-0.39, 0.29) is 10.8 Å². The molecule has 2 aromatic rings. The smallest absolute Gasteiger partial charge is 0.142 e. The molecule has 4 heteroatoms. The van der Waals surface area contributed by atoms with Crippen LogP contribution < -0.4 is 5.73 Å². The number of hydrogen-bond acceptors (Lipinski definition) is 1. The van der Waals surface area contributed by atoms with E-state index in [1.54, 1.807) is 24.3 Å². The van der Waals surface area contributed by atoms with Crippen molar-refractivity contribution in [3.8, 4) is 0 Å². The molecule has 0 aliphatic heterocycles. The van der Waals surface area contributed by atoms with E-state index in [1.165, 1.54) is 18.2 Å². The lowest BCUT2D eigenvalue weighted by atomic mass is 9.99. The molecule has 0 aliphatic carbocycles. The highest BCUT2D eigenvalue weighted by Crippen LogP contribution is 2.26. The molecule has 0 saturated carbocycles. The number of rotatable bonds is 3. The number of nitrogens with two attached hydrogens (primary N) is 1. The standard InChI is InChI=1S/C14H12ClF2N/c15-14-11(5-2-6-12(14)17)13(18)8-9-3-1-4-10(16)7-9/h1-7,13H,8,18H2. The Kier molecular flexibility index (Phi) is 3.94. The minimum atomic E-state index is -0.496. The minimum absolute atomic E-state index is 0.0291. The van der Waals surface area contributed by atoms with Gasteiger partial charge in [-0.25, -0.2) is 8.78 Å². The molecule has 0 fully saturated rings. The summed E-state index contributed by atoms with van der Waals surface area (Å²) in [5.74, 6) is -0.811. The molecule has 94 valence electrons. The molecule has 2 aromatic carbocycles. The maximum Gasteiger partial charge on any atom is 0.142 e. The summed E-state index contributed by atoms with van der Waals surface area (Å²) in [6.07, 6.45) is 0.404. The van der Waals surface area contributed by atoms with Gasteiger partial charge in [-0.15, -0.1) is 0 Å². The lowest BCUT2D eigenvalue weighted by molar-refractivity contribution is 0.614. The average molecular weight is 268 g/mol. The molecular weight excluding hydrogens is 256 g/mol. The van der Waals surface area contributed by atoms with Crippen molar-refractivity contribution in [2.75, 3.05) is 0 Å². The van der Waals surface area contributed by atoms with Gasteiger partial charge in [-0.3, -0.25) is 0 Å². The van der Waals surface area contributed by atoms with Gasteiger partial charge in [-0.05, 0) is 35.7 Å². The highest BCUT2D eigenvalue weighted by atomic mass is 35.5. The maximum absolute atomic E-state index is 13.3. The number of hydrogen-bond donors (Lipinski definition) is 1. The Labute approximate surface area is 109 Å². The Morgan fingerprint density at radius 2 is 1.83 bits per heavy atom. The zero-order chi connectivity index (χ0) is 13.1. The van der Waals surface area contributed by atoms with Crippen molar-refractivity contribution in [1.82, 2.24) is 0 Å². The first-order valence-corrected chi connectivity index (χ1v) is 5.89. The number of halogens is 3. The first-order valence-electron chi connectivity index (χ1n) is 5.52. The Hall–Kier alpha value is -1.45. The topological polar surface area (TPSA) is 26.0 Å². The third-order valence-electron chi connectivity index (χ3n) is 2.73. The van der Waals surface area contributed by atoms with Gasteiger partial charge in [0.1, 0.15) is 11.6 Å². The van der Waals surface area contributed by atoms with Crippen LogP contribution in [-0.4, -0.2) is 0 Å². The first-order chi connectivity index (χ1) is 8.58. The van der Waals surface area contributed by atoms with Crippen LogP contribution in [0.4, 0.5) is 8.78 Å². The summed E-state index contributed by atoms with van der Waals surface area (Å²) in [6, 6.07) is 10.2. The summed E-state index contributed by atoms with van der Waals surface area (Å²) in [7, 11) is 0. The normalized spacial score (nSPS) is 12.4. The molecular formula is C14H12ClF2N. The molecule has 1 unspecified atom stereocenters. The summed E-state index contributed by atoms with van der Waals surface area (Å²) >= 11 is 5.86. The molecule has 0 spiro atoms. The molecule has 0 aliphatic rings. The third kappa shape index (κ3) is 2.86. The van der Waals surface area contributed by atoms with Gasteiger partial charge in [0.05, 0.1) is 5.02 Å². The molecule has 2 rings (SSSR count). The second-order valence-electron chi connectivity index (χ2n) is 4.08. The van der Waals surface area contributed by atoms with E-state index in [1.807, 2.05) is 0 Å². The fourth-order valence-corrected chi connectivity index (χ4v) is 2.10. The second-order valence-corrected chi connectivity index (χ2v) is 4.46. The summed E-state index contributed by atoms with van der Waals surface area (Å²) in [5.41, 5.74) is 7.25. The van der Waals surface area contributed by atoms with Crippen LogP contribution in [0.1, 0.15) is 17.2 Å². The SMILES string of the molecule is NC(Cc1cccc(F)c1)c1cccc(F)c1Cl. The van der Waals surface area contributed by atoms with Gasteiger partial charge in [0.15, 0.2) is 0 Å². The highest BCUT2D eigenvalue weighted by molar-refractivity contribution is 6.31. The van der Waals surface area contributed by atoms with Crippen LogP contribution in [-0.2, 0) is 6.42 Å². The van der Waals surface area contributed by atoms with Crippen molar-refractivity contribution in [2.45, 2.75) is 12.5 Å². The minimum Gasteiger partial charge on any atom is -0.324 e. The fraction of sp³-hybridized carbons (Fsp3) is 0.143. The van der Waals surface area contributed by atoms with E-state index in [4.69, 9.17) is 17.3 Å². The van der Waals surface area contributed by atoms with Crippen molar-refractivity contribution < 1.29 is 8.78 Å². The predicted molar refractivity (Wildman–Crippen MR) is 68.4 cm³/mol. The summed E-state index contributed by atoms with van der Waals surface area (Å²) in [5, 5.41) is 0.0291. The Balaban J connectivity index is 2.22. The van der Waals surface area contributed by atoms with E-state index < -0.39 is 11.9 Å². The van der Waals surface area contributed by atoms with Crippen LogP contribution in [0.2, 0.25) is 5.02 Å². The van der Waals surface area contributed by atoms with E-state index in [0.29, 0.717) is 12.0 Å². The zero-order valence-corrected chi connectivity index (χ0v) is 10.3. The van der Waals surface area contributed by atoms with Crippen LogP contribution >= 0.6 is 11.6 Å². The van der Waals surface area contributed by atoms with E-state index in [2.05, 4.69) is 0 Å². The van der Waals surface area contributed by atoms with E-state index in [9.17, 15) is 8.78 Å². The van der Waals surface area contributed by atoms with Crippen molar-refractivity contribution in [1.29, 1.82) is 0 Å². The molecule has 0 heterocycles. The van der Waals surface area contributed by atoms with Gasteiger partial charge in [0, 0.05) is 6.04 Å². The van der Waals surface area contributed by atoms with Gasteiger partial charge in [-0.2, -0.15) is 0 Å². The van der Waals surface area contributed by atoms with Crippen molar-refractivity contribution in [2.24, 2.45) is 5.73 Å². The number of benzene rings is 2. The van der Waals surface area contributed by atoms with Crippen LogP contribution in [0.15, 0.2) is 42.5 Å². The van der Waals surface area contributed by atoms with Crippen LogP contribution in [0, 0.1) is 11.6 Å². The molecule has 0 bridgehead atoms. The van der Waals surface area contributed by atoms with Crippen LogP contribution in [0.5, 0.6) is 0 Å². The maximum atomic E-state index is 13.3. The lowest BCUT2D eigenvalue weighted by Gasteiger charge is -2.14. The third-order valence-corrected chi connectivity index (χ3v) is 3.12. The van der Waals surface area contributed by atoms with Crippen LogP contribution in [0.3, 0.4) is 0 Å². The Morgan fingerprint density at radius 1 is 1.11 bits per heavy atom. The molecule has 0 radical (unpaired) electrons. The zero-order valence-electron chi connectivity index (χ0n) is 9.54. The average Bonchev–Trinajstić information content (AvgIpc) is 2.32. The molecule has 0 saturated heterocycles. The van der Waals surface area contributed by atoms with Gasteiger partial charge >= 0.3 is 0 Å². The lowest BCUT2D eigenvalue weighted by Crippen LogP contribution is -2.14. The van der Waals surface area contributed by atoms with E-state index in [0.717, 1.165) is 5.56 Å². The molecule has 1 atom stereocenters. The monoisotopic (exact) mass is 267 g/mol. The van der Waals surface area contributed by atoms with Crippen molar-refractivity contribution in [3.05, 3.63) is 70.2 Å². The molecule has 0 amide bonds. The predicted octanol–water partition coefficient (Wildman–Crippen LogP) is 3.86. The summed E-state index contributed by atoms with van der Waals surface area (Å²) in [6.45, 7) is 0. The second kappa shape index (κ2) is 5.46. The first kappa shape index (κ1) is 13.0. The van der Waals surface area contributed by atoms with Crippen LogP contribution in [0.25, 0.3) is 0 Å². The summed E-state index contributed by atoms with van der Waals surface area (Å²) in [4.78, 5) is 0. The quantitative estimate of drug-likeness (QED) is 0.898. The van der Waals surface area contributed by atoms with Gasteiger partial charge < -0.3 is 5.73 Å². The highest BCUT2D eigenvalue weighted by Gasteiger charge is 2.13. The molecule has 0 aromatic heterocycles. The van der Waals surface area contributed by atoms with Crippen molar-refractivity contribution in [3.63, 3.8) is 0 Å². The van der Waals surface area contributed by atoms with Gasteiger partial charge in [-0.1, -0.05) is 35.9 Å². The molecule has 18 heavy (non-hydrogen) atoms. The summed E-state index contributed by atoms with van der Waals surface area (Å²) < 4.78 is 26.3. The largest absolute Gasteiger partial charge is 0.324 e.